The van der Waals surface area contributed by atoms with E-state index < -0.39 is 10.0 Å². The number of nitriles is 1. The quantitative estimate of drug-likeness (QED) is 0.880. The summed E-state index contributed by atoms with van der Waals surface area (Å²) in [6.07, 6.45) is 2.80. The number of hydrogen-bond donors (Lipinski definition) is 2. The van der Waals surface area contributed by atoms with Crippen molar-refractivity contribution in [3.8, 4) is 17.2 Å². The summed E-state index contributed by atoms with van der Waals surface area (Å²) in [4.78, 5) is 14.8. The molecule has 0 fully saturated rings. The van der Waals surface area contributed by atoms with Gasteiger partial charge < -0.3 is 5.32 Å². The zero-order valence-electron chi connectivity index (χ0n) is 11.6. The molecule has 0 atom stereocenters. The molecule has 2 aromatic rings. The molecule has 0 saturated heterocycles. The van der Waals surface area contributed by atoms with E-state index in [1.807, 2.05) is 6.07 Å². The van der Waals surface area contributed by atoms with Crippen LogP contribution in [0, 0.1) is 11.3 Å². The molecular formula is C14H12N4O3S. The van der Waals surface area contributed by atoms with Gasteiger partial charge in [-0.05, 0) is 18.2 Å². The molecule has 3 N–H and O–H groups in total. The fourth-order valence-corrected chi connectivity index (χ4v) is 2.71. The van der Waals surface area contributed by atoms with Gasteiger partial charge in [-0.2, -0.15) is 5.26 Å². The molecule has 7 nitrogen and oxygen atoms in total. The molecule has 1 aromatic carbocycles. The van der Waals surface area contributed by atoms with Gasteiger partial charge in [0.2, 0.25) is 15.9 Å². The van der Waals surface area contributed by atoms with E-state index >= 15 is 0 Å². The number of carbonyl (C=O) groups is 1. The van der Waals surface area contributed by atoms with Crippen molar-refractivity contribution in [2.45, 2.75) is 11.8 Å². The van der Waals surface area contributed by atoms with E-state index in [2.05, 4.69) is 10.3 Å². The van der Waals surface area contributed by atoms with Gasteiger partial charge in [-0.25, -0.2) is 13.6 Å². The van der Waals surface area contributed by atoms with E-state index in [4.69, 9.17) is 10.4 Å². The number of amides is 1. The van der Waals surface area contributed by atoms with Gasteiger partial charge in [0.05, 0.1) is 10.5 Å². The lowest BCUT2D eigenvalue weighted by atomic mass is 10.1. The number of nitrogens with zero attached hydrogens (tertiary/aromatic N) is 2. The van der Waals surface area contributed by atoms with Crippen LogP contribution in [-0.2, 0) is 14.8 Å². The second-order valence-corrected chi connectivity index (χ2v) is 6.04. The zero-order chi connectivity index (χ0) is 16.3. The van der Waals surface area contributed by atoms with Crippen molar-refractivity contribution >= 4 is 21.6 Å². The Balaban J connectivity index is 2.65. The number of carbonyl (C=O) groups excluding carboxylic acids is 1. The summed E-state index contributed by atoms with van der Waals surface area (Å²) in [7, 11) is -4.02. The summed E-state index contributed by atoms with van der Waals surface area (Å²) in [5.74, 6) is -0.332. The fourth-order valence-electron chi connectivity index (χ4n) is 1.93. The largest absolute Gasteiger partial charge is 0.326 e. The van der Waals surface area contributed by atoms with Gasteiger partial charge in [0.25, 0.3) is 0 Å². The normalized spacial score (nSPS) is 10.8. The molecule has 0 spiro atoms. The molecule has 2 rings (SSSR count). The second-order valence-electron chi connectivity index (χ2n) is 4.51. The van der Waals surface area contributed by atoms with E-state index in [1.165, 1.54) is 37.5 Å². The first-order chi connectivity index (χ1) is 10.3. The number of benzene rings is 1. The van der Waals surface area contributed by atoms with Crippen LogP contribution in [0.4, 0.5) is 5.69 Å². The fraction of sp³-hybridized carbons (Fsp3) is 0.0714. The molecule has 22 heavy (non-hydrogen) atoms. The molecule has 0 aliphatic carbocycles. The minimum atomic E-state index is -4.02. The molecule has 8 heteroatoms. The third kappa shape index (κ3) is 3.46. The summed E-state index contributed by atoms with van der Waals surface area (Å²) in [5.41, 5.74) is 1.35. The minimum absolute atomic E-state index is 0.157. The highest BCUT2D eigenvalue weighted by Crippen LogP contribution is 2.29. The van der Waals surface area contributed by atoms with Gasteiger partial charge in [-0.1, -0.05) is 6.07 Å². The molecule has 0 unspecified atom stereocenters. The lowest BCUT2D eigenvalue weighted by Crippen LogP contribution is -2.15. The summed E-state index contributed by atoms with van der Waals surface area (Å²) < 4.78 is 23.6. The van der Waals surface area contributed by atoms with Crippen molar-refractivity contribution in [2.75, 3.05) is 5.32 Å². The number of nitrogens with two attached hydrogens (primary N) is 1. The Bertz CT molecular complexity index is 885. The number of primary sulfonamides is 1. The van der Waals surface area contributed by atoms with Crippen LogP contribution in [0.15, 0.2) is 41.6 Å². The second kappa shape index (κ2) is 5.93. The maximum absolute atomic E-state index is 11.8. The van der Waals surface area contributed by atoms with Crippen LogP contribution in [0.5, 0.6) is 0 Å². The molecule has 1 heterocycles. The Labute approximate surface area is 127 Å². The Morgan fingerprint density at radius 1 is 1.32 bits per heavy atom. The number of anilines is 1. The summed E-state index contributed by atoms with van der Waals surface area (Å²) in [6.45, 7) is 1.31. The Hall–Kier alpha value is -2.76. The van der Waals surface area contributed by atoms with Crippen molar-refractivity contribution in [3.63, 3.8) is 0 Å². The first-order valence-corrected chi connectivity index (χ1v) is 7.66. The van der Waals surface area contributed by atoms with Crippen molar-refractivity contribution < 1.29 is 13.2 Å². The number of nitrogens with one attached hydrogen (secondary N) is 1. The standard InChI is InChI=1S/C14H12N4O3S/c1-9(19)18-12-2-3-13(14(5-12)22(16,20)21)11-4-10(6-15)7-17-8-11/h2-5,7-8H,1H3,(H,18,19)(H2,16,20,21). The predicted molar refractivity (Wildman–Crippen MR) is 80.1 cm³/mol. The summed E-state index contributed by atoms with van der Waals surface area (Å²) in [6, 6.07) is 7.76. The van der Waals surface area contributed by atoms with Gasteiger partial charge in [-0.15, -0.1) is 0 Å². The molecule has 0 saturated carbocycles. The van der Waals surface area contributed by atoms with Gasteiger partial charge in [0.1, 0.15) is 6.07 Å². The van der Waals surface area contributed by atoms with Crippen LogP contribution in [0.1, 0.15) is 12.5 Å². The monoisotopic (exact) mass is 316 g/mol. The summed E-state index contributed by atoms with van der Waals surface area (Å²) in [5, 5.41) is 16.6. The third-order valence-corrected chi connectivity index (χ3v) is 3.74. The first kappa shape index (κ1) is 15.6. The molecule has 1 aromatic heterocycles. The molecular weight excluding hydrogens is 304 g/mol. The van der Waals surface area contributed by atoms with Gasteiger partial charge in [0, 0.05) is 36.1 Å². The van der Waals surface area contributed by atoms with Crippen molar-refractivity contribution in [1.82, 2.24) is 4.98 Å². The smallest absolute Gasteiger partial charge is 0.238 e. The average Bonchev–Trinajstić information content (AvgIpc) is 2.45. The molecule has 0 aliphatic rings. The van der Waals surface area contributed by atoms with E-state index in [9.17, 15) is 13.2 Å². The topological polar surface area (TPSA) is 126 Å². The van der Waals surface area contributed by atoms with Gasteiger partial charge in [0.15, 0.2) is 0 Å². The number of hydrogen-bond acceptors (Lipinski definition) is 5. The molecule has 0 bridgehead atoms. The highest BCUT2D eigenvalue weighted by atomic mass is 32.2. The third-order valence-electron chi connectivity index (χ3n) is 2.79. The zero-order valence-corrected chi connectivity index (χ0v) is 12.4. The van der Waals surface area contributed by atoms with Crippen molar-refractivity contribution in [1.29, 1.82) is 5.26 Å². The lowest BCUT2D eigenvalue weighted by molar-refractivity contribution is -0.114. The van der Waals surface area contributed by atoms with E-state index in [-0.39, 0.29) is 10.8 Å². The summed E-state index contributed by atoms with van der Waals surface area (Å²) >= 11 is 0. The minimum Gasteiger partial charge on any atom is -0.326 e. The first-order valence-electron chi connectivity index (χ1n) is 6.11. The van der Waals surface area contributed by atoms with E-state index in [1.54, 1.807) is 6.07 Å². The van der Waals surface area contributed by atoms with E-state index in [0.29, 0.717) is 22.4 Å². The van der Waals surface area contributed by atoms with Crippen LogP contribution in [0.3, 0.4) is 0 Å². The average molecular weight is 316 g/mol. The SMILES string of the molecule is CC(=O)Nc1ccc(-c2cncc(C#N)c2)c(S(N)(=O)=O)c1. The number of sulfonamides is 1. The number of rotatable bonds is 3. The highest BCUT2D eigenvalue weighted by molar-refractivity contribution is 7.89. The lowest BCUT2D eigenvalue weighted by Gasteiger charge is -2.11. The van der Waals surface area contributed by atoms with Crippen molar-refractivity contribution in [3.05, 3.63) is 42.2 Å². The van der Waals surface area contributed by atoms with E-state index in [0.717, 1.165) is 0 Å². The van der Waals surface area contributed by atoms with Crippen LogP contribution in [0.25, 0.3) is 11.1 Å². The molecule has 1 amide bonds. The number of aromatic nitrogens is 1. The predicted octanol–water partition coefficient (Wildman–Crippen LogP) is 1.23. The van der Waals surface area contributed by atoms with Crippen LogP contribution in [0.2, 0.25) is 0 Å². The maximum Gasteiger partial charge on any atom is 0.238 e. The Morgan fingerprint density at radius 2 is 2.05 bits per heavy atom. The van der Waals surface area contributed by atoms with Gasteiger partial charge >= 0.3 is 0 Å². The highest BCUT2D eigenvalue weighted by Gasteiger charge is 2.17. The van der Waals surface area contributed by atoms with Crippen LogP contribution in [-0.4, -0.2) is 19.3 Å². The molecule has 0 aliphatic heterocycles. The maximum atomic E-state index is 11.8. The molecule has 112 valence electrons. The van der Waals surface area contributed by atoms with Crippen LogP contribution < -0.4 is 10.5 Å². The Morgan fingerprint density at radius 3 is 2.64 bits per heavy atom. The number of pyridine rings is 1. The van der Waals surface area contributed by atoms with Gasteiger partial charge in [-0.3, -0.25) is 9.78 Å². The van der Waals surface area contributed by atoms with Crippen LogP contribution >= 0.6 is 0 Å². The Kier molecular flexibility index (Phi) is 4.21. The molecule has 0 radical (unpaired) electrons. The van der Waals surface area contributed by atoms with Crippen molar-refractivity contribution in [2.24, 2.45) is 5.14 Å².